The molecule has 28 heavy (non-hydrogen) atoms. The average Bonchev–Trinajstić information content (AvgIpc) is 3.35. The zero-order valence-corrected chi connectivity index (χ0v) is 15.9. The van der Waals surface area contributed by atoms with Crippen molar-refractivity contribution in [3.05, 3.63) is 66.1 Å². The van der Waals surface area contributed by atoms with Crippen molar-refractivity contribution in [3.8, 4) is 22.7 Å². The molecule has 1 fully saturated rings. The lowest BCUT2D eigenvalue weighted by Gasteiger charge is -2.22. The van der Waals surface area contributed by atoms with Crippen LogP contribution in [0.15, 0.2) is 54.7 Å². The summed E-state index contributed by atoms with van der Waals surface area (Å²) in [6.45, 7) is 1.77. The summed E-state index contributed by atoms with van der Waals surface area (Å²) in [6.07, 6.45) is 4.07. The normalized spacial score (nSPS) is 17.2. The Kier molecular flexibility index (Phi) is 5.41. The number of likely N-dealkylation sites (tertiary alicyclic amines) is 1. The SMILES string of the molecule is COc1ccc(-n2cc(CN3CCC[C@H]3CO)c(-c3cccc(F)c3)n2)cc1. The van der Waals surface area contributed by atoms with Crippen LogP contribution in [-0.2, 0) is 6.54 Å². The number of ether oxygens (including phenoxy) is 1. The number of aliphatic hydroxyl groups is 1. The van der Waals surface area contributed by atoms with E-state index in [2.05, 4.69) is 4.90 Å². The third kappa shape index (κ3) is 3.79. The maximum Gasteiger partial charge on any atom is 0.123 e. The monoisotopic (exact) mass is 381 g/mol. The molecule has 3 aromatic rings. The molecule has 0 saturated carbocycles. The van der Waals surface area contributed by atoms with Gasteiger partial charge < -0.3 is 9.84 Å². The van der Waals surface area contributed by atoms with E-state index >= 15 is 0 Å². The van der Waals surface area contributed by atoms with Gasteiger partial charge in [-0.05, 0) is 55.8 Å². The second kappa shape index (κ2) is 8.12. The fourth-order valence-corrected chi connectivity index (χ4v) is 3.80. The van der Waals surface area contributed by atoms with Crippen LogP contribution < -0.4 is 4.74 Å². The van der Waals surface area contributed by atoms with Crippen LogP contribution in [0.1, 0.15) is 18.4 Å². The van der Waals surface area contributed by atoms with Crippen molar-refractivity contribution in [2.24, 2.45) is 0 Å². The summed E-state index contributed by atoms with van der Waals surface area (Å²) in [6, 6.07) is 14.4. The molecule has 2 aromatic carbocycles. The van der Waals surface area contributed by atoms with Crippen molar-refractivity contribution in [3.63, 3.8) is 0 Å². The largest absolute Gasteiger partial charge is 0.497 e. The Hall–Kier alpha value is -2.70. The van der Waals surface area contributed by atoms with Crippen molar-refractivity contribution < 1.29 is 14.2 Å². The van der Waals surface area contributed by atoms with E-state index < -0.39 is 0 Å². The van der Waals surface area contributed by atoms with Gasteiger partial charge in [-0.25, -0.2) is 9.07 Å². The van der Waals surface area contributed by atoms with Gasteiger partial charge in [0.15, 0.2) is 0 Å². The Bertz CT molecular complexity index is 939. The van der Waals surface area contributed by atoms with Crippen LogP contribution in [-0.4, -0.2) is 46.1 Å². The molecule has 146 valence electrons. The summed E-state index contributed by atoms with van der Waals surface area (Å²) in [5, 5.41) is 14.4. The first kappa shape index (κ1) is 18.7. The summed E-state index contributed by atoms with van der Waals surface area (Å²) in [4.78, 5) is 2.28. The highest BCUT2D eigenvalue weighted by molar-refractivity contribution is 5.63. The molecule has 0 aliphatic carbocycles. The average molecular weight is 381 g/mol. The maximum absolute atomic E-state index is 13.8. The van der Waals surface area contributed by atoms with Gasteiger partial charge >= 0.3 is 0 Å². The number of aromatic nitrogens is 2. The highest BCUT2D eigenvalue weighted by Gasteiger charge is 2.25. The number of benzene rings is 2. The van der Waals surface area contributed by atoms with Crippen molar-refractivity contribution in [2.75, 3.05) is 20.3 Å². The van der Waals surface area contributed by atoms with E-state index in [0.717, 1.165) is 47.6 Å². The molecule has 5 nitrogen and oxygen atoms in total. The molecule has 0 spiro atoms. The molecule has 1 aromatic heterocycles. The summed E-state index contributed by atoms with van der Waals surface area (Å²) >= 11 is 0. The molecule has 4 rings (SSSR count). The van der Waals surface area contributed by atoms with E-state index in [1.165, 1.54) is 12.1 Å². The van der Waals surface area contributed by atoms with Gasteiger partial charge in [0.2, 0.25) is 0 Å². The zero-order valence-electron chi connectivity index (χ0n) is 15.9. The van der Waals surface area contributed by atoms with Gasteiger partial charge in [-0.2, -0.15) is 5.10 Å². The van der Waals surface area contributed by atoms with E-state index in [9.17, 15) is 9.50 Å². The zero-order chi connectivity index (χ0) is 19.5. The molecule has 1 saturated heterocycles. The number of hydrogen-bond donors (Lipinski definition) is 1. The molecule has 1 atom stereocenters. The van der Waals surface area contributed by atoms with Gasteiger partial charge in [-0.1, -0.05) is 12.1 Å². The number of rotatable bonds is 6. The second-order valence-electron chi connectivity index (χ2n) is 7.10. The first-order valence-corrected chi connectivity index (χ1v) is 9.52. The molecule has 1 aliphatic rings. The van der Waals surface area contributed by atoms with E-state index in [0.29, 0.717) is 6.54 Å². The minimum absolute atomic E-state index is 0.155. The molecule has 6 heteroatoms. The summed E-state index contributed by atoms with van der Waals surface area (Å²) in [5.41, 5.74) is 3.44. The third-order valence-electron chi connectivity index (χ3n) is 5.31. The Morgan fingerprint density at radius 2 is 2.04 bits per heavy atom. The Morgan fingerprint density at radius 1 is 1.21 bits per heavy atom. The van der Waals surface area contributed by atoms with E-state index in [1.807, 2.05) is 41.2 Å². The molecule has 0 unspecified atom stereocenters. The van der Waals surface area contributed by atoms with E-state index in [-0.39, 0.29) is 18.5 Å². The van der Waals surface area contributed by atoms with Crippen LogP contribution in [0.3, 0.4) is 0 Å². The van der Waals surface area contributed by atoms with Gasteiger partial charge in [0.25, 0.3) is 0 Å². The molecule has 1 aliphatic heterocycles. The summed E-state index contributed by atoms with van der Waals surface area (Å²) < 4.78 is 20.9. The minimum Gasteiger partial charge on any atom is -0.497 e. The number of hydrogen-bond acceptors (Lipinski definition) is 4. The smallest absolute Gasteiger partial charge is 0.123 e. The molecular formula is C22H24FN3O2. The van der Waals surface area contributed by atoms with Crippen LogP contribution in [0.4, 0.5) is 4.39 Å². The van der Waals surface area contributed by atoms with Crippen molar-refractivity contribution in [1.82, 2.24) is 14.7 Å². The molecular weight excluding hydrogens is 357 g/mol. The van der Waals surface area contributed by atoms with Gasteiger partial charge in [0.05, 0.1) is 25.1 Å². The fraction of sp³-hybridized carbons (Fsp3) is 0.318. The highest BCUT2D eigenvalue weighted by atomic mass is 19.1. The van der Waals surface area contributed by atoms with E-state index in [4.69, 9.17) is 9.84 Å². The van der Waals surface area contributed by atoms with Gasteiger partial charge in [0, 0.05) is 29.9 Å². The quantitative estimate of drug-likeness (QED) is 0.708. The van der Waals surface area contributed by atoms with Crippen LogP contribution in [0.2, 0.25) is 0 Å². The third-order valence-corrected chi connectivity index (χ3v) is 5.31. The lowest BCUT2D eigenvalue weighted by Crippen LogP contribution is -2.31. The highest BCUT2D eigenvalue weighted by Crippen LogP contribution is 2.28. The fourth-order valence-electron chi connectivity index (χ4n) is 3.80. The van der Waals surface area contributed by atoms with Crippen molar-refractivity contribution in [1.29, 1.82) is 0 Å². The predicted molar refractivity (Wildman–Crippen MR) is 106 cm³/mol. The predicted octanol–water partition coefficient (Wildman–Crippen LogP) is 3.64. The molecule has 0 amide bonds. The van der Waals surface area contributed by atoms with Crippen molar-refractivity contribution in [2.45, 2.75) is 25.4 Å². The Morgan fingerprint density at radius 3 is 2.75 bits per heavy atom. The maximum atomic E-state index is 13.8. The lowest BCUT2D eigenvalue weighted by atomic mass is 10.1. The van der Waals surface area contributed by atoms with Gasteiger partial charge in [-0.15, -0.1) is 0 Å². The Balaban J connectivity index is 1.72. The second-order valence-corrected chi connectivity index (χ2v) is 7.10. The van der Waals surface area contributed by atoms with Crippen LogP contribution in [0.25, 0.3) is 16.9 Å². The van der Waals surface area contributed by atoms with Gasteiger partial charge in [-0.3, -0.25) is 4.90 Å². The number of methoxy groups -OCH3 is 1. The molecule has 0 radical (unpaired) electrons. The van der Waals surface area contributed by atoms with Gasteiger partial charge in [0.1, 0.15) is 11.6 Å². The standard InChI is InChI=1S/C22H24FN3O2/c1-28-21-9-7-19(8-10-21)26-14-17(13-25-11-3-6-20(25)15-27)22(24-26)16-4-2-5-18(23)12-16/h2,4-5,7-10,12,14,20,27H,3,6,11,13,15H2,1H3/t20-/m0/s1. The van der Waals surface area contributed by atoms with Crippen LogP contribution in [0.5, 0.6) is 5.75 Å². The van der Waals surface area contributed by atoms with Crippen LogP contribution in [0, 0.1) is 5.82 Å². The number of nitrogens with zero attached hydrogens (tertiary/aromatic N) is 3. The molecule has 1 N–H and O–H groups in total. The first-order valence-electron chi connectivity index (χ1n) is 9.52. The molecule has 2 heterocycles. The topological polar surface area (TPSA) is 50.5 Å². The number of halogens is 1. The van der Waals surface area contributed by atoms with Crippen molar-refractivity contribution >= 4 is 0 Å². The minimum atomic E-state index is -0.281. The molecule has 0 bridgehead atoms. The van der Waals surface area contributed by atoms with E-state index in [1.54, 1.807) is 13.2 Å². The first-order chi connectivity index (χ1) is 13.7. The van der Waals surface area contributed by atoms with Crippen LogP contribution >= 0.6 is 0 Å². The summed E-state index contributed by atoms with van der Waals surface area (Å²) in [7, 11) is 1.64. The number of aliphatic hydroxyl groups excluding tert-OH is 1. The summed E-state index contributed by atoms with van der Waals surface area (Å²) in [5.74, 6) is 0.501. The lowest BCUT2D eigenvalue weighted by molar-refractivity contribution is 0.154. The Labute approximate surface area is 164 Å².